The van der Waals surface area contributed by atoms with Gasteiger partial charge in [0.15, 0.2) is 0 Å². The minimum Gasteiger partial charge on any atom is -0.481 e. The second kappa shape index (κ2) is 7.08. The lowest BCUT2D eigenvalue weighted by molar-refractivity contribution is -0.138. The van der Waals surface area contributed by atoms with E-state index in [9.17, 15) is 9.59 Å². The molecule has 0 radical (unpaired) electrons. The van der Waals surface area contributed by atoms with Crippen molar-refractivity contribution in [2.45, 2.75) is 25.4 Å². The number of carboxylic acids is 1. The molecule has 1 aromatic carbocycles. The summed E-state index contributed by atoms with van der Waals surface area (Å²) in [6.07, 6.45) is 1.92. The molecule has 6 nitrogen and oxygen atoms in total. The summed E-state index contributed by atoms with van der Waals surface area (Å²) in [4.78, 5) is 23.7. The van der Waals surface area contributed by atoms with E-state index in [1.165, 1.54) is 0 Å². The van der Waals surface area contributed by atoms with E-state index in [-0.39, 0.29) is 19.1 Å². The number of hydrogen-bond donors (Lipinski definition) is 2. The van der Waals surface area contributed by atoms with Gasteiger partial charge in [0.25, 0.3) is 0 Å². The summed E-state index contributed by atoms with van der Waals surface area (Å²) in [5.41, 5.74) is 6.78. The quantitative estimate of drug-likeness (QED) is 0.823. The zero-order valence-electron chi connectivity index (χ0n) is 11.8. The molecule has 6 heteroatoms. The predicted octanol–water partition coefficient (Wildman–Crippen LogP) is 1.25. The van der Waals surface area contributed by atoms with Crippen molar-refractivity contribution in [1.29, 1.82) is 0 Å². The molecule has 114 valence electrons. The van der Waals surface area contributed by atoms with Crippen molar-refractivity contribution in [3.63, 3.8) is 0 Å². The third-order valence-corrected chi connectivity index (χ3v) is 3.63. The third kappa shape index (κ3) is 4.46. The fourth-order valence-corrected chi connectivity index (χ4v) is 2.43. The number of nitrogens with two attached hydrogens (primary N) is 1. The molecule has 1 fully saturated rings. The monoisotopic (exact) mass is 292 g/mol. The maximum Gasteiger partial charge on any atom is 0.305 e. The van der Waals surface area contributed by atoms with E-state index in [1.54, 1.807) is 12.1 Å². The minimum absolute atomic E-state index is 0.0504. The van der Waals surface area contributed by atoms with Gasteiger partial charge >= 0.3 is 5.97 Å². The van der Waals surface area contributed by atoms with Gasteiger partial charge in [-0.2, -0.15) is 0 Å². The number of ether oxygens (including phenoxy) is 1. The lowest BCUT2D eigenvalue weighted by Crippen LogP contribution is -2.37. The van der Waals surface area contributed by atoms with Crippen LogP contribution in [0.5, 0.6) is 0 Å². The van der Waals surface area contributed by atoms with Crippen LogP contribution in [0.2, 0.25) is 0 Å². The Morgan fingerprint density at radius 2 is 1.86 bits per heavy atom. The molecule has 0 aromatic heterocycles. The van der Waals surface area contributed by atoms with Gasteiger partial charge in [-0.05, 0) is 37.1 Å². The van der Waals surface area contributed by atoms with Crippen molar-refractivity contribution in [2.24, 2.45) is 5.73 Å². The van der Waals surface area contributed by atoms with Gasteiger partial charge in [0.05, 0.1) is 19.1 Å². The number of hydrogen-bond acceptors (Lipinski definition) is 4. The highest BCUT2D eigenvalue weighted by molar-refractivity contribution is 5.93. The van der Waals surface area contributed by atoms with Gasteiger partial charge in [-0.25, -0.2) is 0 Å². The second-order valence-electron chi connectivity index (χ2n) is 5.11. The van der Waals surface area contributed by atoms with E-state index < -0.39 is 11.9 Å². The Bertz CT molecular complexity index is 493. The van der Waals surface area contributed by atoms with Gasteiger partial charge in [-0.15, -0.1) is 0 Å². The highest BCUT2D eigenvalue weighted by atomic mass is 16.5. The molecule has 0 aliphatic carbocycles. The third-order valence-electron chi connectivity index (χ3n) is 3.63. The molecule has 1 aromatic rings. The van der Waals surface area contributed by atoms with Gasteiger partial charge in [-0.1, -0.05) is 0 Å². The predicted molar refractivity (Wildman–Crippen MR) is 78.4 cm³/mol. The number of benzene rings is 1. The van der Waals surface area contributed by atoms with E-state index >= 15 is 0 Å². The van der Waals surface area contributed by atoms with Crippen LogP contribution in [0, 0.1) is 0 Å². The zero-order valence-corrected chi connectivity index (χ0v) is 11.8. The van der Waals surface area contributed by atoms with Crippen LogP contribution >= 0.6 is 0 Å². The van der Waals surface area contributed by atoms with E-state index in [1.807, 2.05) is 12.1 Å². The minimum atomic E-state index is -0.832. The fraction of sp³-hybridized carbons (Fsp3) is 0.467. The number of primary amides is 1. The van der Waals surface area contributed by atoms with Gasteiger partial charge in [0.1, 0.15) is 0 Å². The van der Waals surface area contributed by atoms with Crippen LogP contribution in [0.4, 0.5) is 5.69 Å². The standard InChI is InChI=1S/C15H20N2O4/c16-15(20)11-1-3-12(4-2-11)17-8-5-13(6-9-17)21-10-7-14(18)19/h1-4,13H,5-10H2,(H2,16,20)(H,18,19). The van der Waals surface area contributed by atoms with Crippen molar-refractivity contribution in [3.8, 4) is 0 Å². The van der Waals surface area contributed by atoms with Crippen LogP contribution in [0.15, 0.2) is 24.3 Å². The zero-order chi connectivity index (χ0) is 15.2. The molecule has 1 aliphatic rings. The Balaban J connectivity index is 1.80. The lowest BCUT2D eigenvalue weighted by atomic mass is 10.1. The molecule has 2 rings (SSSR count). The van der Waals surface area contributed by atoms with Gasteiger partial charge in [-0.3, -0.25) is 9.59 Å². The summed E-state index contributed by atoms with van der Waals surface area (Å²) in [5, 5.41) is 8.57. The van der Waals surface area contributed by atoms with E-state index in [0.717, 1.165) is 31.6 Å². The Morgan fingerprint density at radius 1 is 1.24 bits per heavy atom. The maximum atomic E-state index is 11.0. The highest BCUT2D eigenvalue weighted by Gasteiger charge is 2.20. The highest BCUT2D eigenvalue weighted by Crippen LogP contribution is 2.21. The van der Waals surface area contributed by atoms with Crippen molar-refractivity contribution in [2.75, 3.05) is 24.6 Å². The molecule has 21 heavy (non-hydrogen) atoms. The number of aliphatic carboxylic acids is 1. The SMILES string of the molecule is NC(=O)c1ccc(N2CCC(OCCC(=O)O)CC2)cc1. The first-order valence-electron chi connectivity index (χ1n) is 7.04. The lowest BCUT2D eigenvalue weighted by Gasteiger charge is -2.33. The average Bonchev–Trinajstić information content (AvgIpc) is 2.48. The van der Waals surface area contributed by atoms with Crippen LogP contribution in [-0.2, 0) is 9.53 Å². The van der Waals surface area contributed by atoms with Gasteiger partial charge < -0.3 is 20.5 Å². The fourth-order valence-electron chi connectivity index (χ4n) is 2.43. The summed E-state index contributed by atoms with van der Waals surface area (Å²) in [5.74, 6) is -1.26. The number of rotatable bonds is 6. The molecule has 1 aliphatic heterocycles. The Labute approximate surface area is 123 Å². The molecule has 1 amide bonds. The van der Waals surface area contributed by atoms with Crippen LogP contribution in [0.25, 0.3) is 0 Å². The first-order valence-corrected chi connectivity index (χ1v) is 7.04. The Kier molecular flexibility index (Phi) is 5.16. The number of piperidine rings is 1. The maximum absolute atomic E-state index is 11.0. The molecule has 0 bridgehead atoms. The summed E-state index contributed by atoms with van der Waals surface area (Å²) >= 11 is 0. The van der Waals surface area contributed by atoms with E-state index in [2.05, 4.69) is 4.90 Å². The number of amides is 1. The van der Waals surface area contributed by atoms with Crippen LogP contribution in [0.3, 0.4) is 0 Å². The molecular weight excluding hydrogens is 272 g/mol. The molecule has 3 N–H and O–H groups in total. The van der Waals surface area contributed by atoms with Crippen LogP contribution < -0.4 is 10.6 Å². The van der Waals surface area contributed by atoms with E-state index in [4.69, 9.17) is 15.6 Å². The molecule has 0 atom stereocenters. The number of anilines is 1. The molecule has 0 saturated carbocycles. The van der Waals surface area contributed by atoms with Crippen molar-refractivity contribution >= 4 is 17.6 Å². The topological polar surface area (TPSA) is 92.9 Å². The first-order chi connectivity index (χ1) is 10.1. The summed E-state index contributed by atoms with van der Waals surface area (Å²) in [6.45, 7) is 1.98. The molecule has 0 spiro atoms. The molecule has 1 heterocycles. The Morgan fingerprint density at radius 3 is 2.38 bits per heavy atom. The normalized spacial score (nSPS) is 15.9. The molecule has 0 unspecified atom stereocenters. The van der Waals surface area contributed by atoms with Gasteiger partial charge in [0.2, 0.25) is 5.91 Å². The Hall–Kier alpha value is -2.08. The number of carbonyl (C=O) groups excluding carboxylic acids is 1. The summed E-state index contributed by atoms with van der Waals surface area (Å²) < 4.78 is 5.56. The summed E-state index contributed by atoms with van der Waals surface area (Å²) in [6, 6.07) is 7.25. The van der Waals surface area contributed by atoms with Crippen molar-refractivity contribution in [3.05, 3.63) is 29.8 Å². The van der Waals surface area contributed by atoms with Crippen molar-refractivity contribution < 1.29 is 19.4 Å². The second-order valence-corrected chi connectivity index (χ2v) is 5.11. The molecular formula is C15H20N2O4. The van der Waals surface area contributed by atoms with E-state index in [0.29, 0.717) is 5.56 Å². The summed E-state index contributed by atoms with van der Waals surface area (Å²) in [7, 11) is 0. The smallest absolute Gasteiger partial charge is 0.305 e. The van der Waals surface area contributed by atoms with Crippen LogP contribution in [-0.4, -0.2) is 42.8 Å². The van der Waals surface area contributed by atoms with Gasteiger partial charge in [0, 0.05) is 24.3 Å². The first kappa shape index (κ1) is 15.3. The number of carbonyl (C=O) groups is 2. The largest absolute Gasteiger partial charge is 0.481 e. The number of carboxylic acid groups (broad SMARTS) is 1. The van der Waals surface area contributed by atoms with Crippen molar-refractivity contribution in [1.82, 2.24) is 0 Å². The number of nitrogens with zero attached hydrogens (tertiary/aromatic N) is 1. The van der Waals surface area contributed by atoms with Crippen LogP contribution in [0.1, 0.15) is 29.6 Å². The average molecular weight is 292 g/mol. The molecule has 1 saturated heterocycles.